The Morgan fingerprint density at radius 3 is 2.19 bits per heavy atom. The minimum absolute atomic E-state index is 0.00643. The number of rotatable bonds is 3. The molecule has 0 unspecified atom stereocenters. The number of hydrogen-bond acceptors (Lipinski definition) is 2. The minimum Gasteiger partial charge on any atom is -0.399 e. The normalized spacial score (nSPS) is 11.6. The lowest BCUT2D eigenvalue weighted by molar-refractivity contribution is -0.125. The molecule has 16 heavy (non-hydrogen) atoms. The highest BCUT2D eigenvalue weighted by Crippen LogP contribution is 2.21. The van der Waals surface area contributed by atoms with Crippen LogP contribution in [0.3, 0.4) is 0 Å². The van der Waals surface area contributed by atoms with Gasteiger partial charge in [-0.15, -0.1) is 0 Å². The van der Waals surface area contributed by atoms with E-state index >= 15 is 0 Å². The standard InChI is InChI=1S/C13H20N2O/c1-9(2)12(16)15-13(3,4)10-5-7-11(14)8-6-10/h5-9H,14H2,1-4H3,(H,15,16). The van der Waals surface area contributed by atoms with Gasteiger partial charge < -0.3 is 11.1 Å². The molecule has 0 aliphatic carbocycles. The molecule has 0 saturated heterocycles. The smallest absolute Gasteiger partial charge is 0.223 e. The number of carbonyl (C=O) groups is 1. The third-order valence-electron chi connectivity index (χ3n) is 2.59. The molecule has 0 fully saturated rings. The summed E-state index contributed by atoms with van der Waals surface area (Å²) in [5.74, 6) is 0.0508. The van der Waals surface area contributed by atoms with Crippen molar-refractivity contribution in [3.05, 3.63) is 29.8 Å². The zero-order valence-corrected chi connectivity index (χ0v) is 10.4. The van der Waals surface area contributed by atoms with Crippen molar-refractivity contribution in [3.8, 4) is 0 Å². The first-order valence-electron chi connectivity index (χ1n) is 5.51. The molecule has 3 heteroatoms. The van der Waals surface area contributed by atoms with Crippen molar-refractivity contribution < 1.29 is 4.79 Å². The predicted octanol–water partition coefficient (Wildman–Crippen LogP) is 2.28. The Balaban J connectivity index is 2.85. The highest BCUT2D eigenvalue weighted by atomic mass is 16.2. The highest BCUT2D eigenvalue weighted by molar-refractivity contribution is 5.78. The van der Waals surface area contributed by atoms with Gasteiger partial charge in [-0.2, -0.15) is 0 Å². The number of nitrogens with one attached hydrogen (secondary N) is 1. The Morgan fingerprint density at radius 2 is 1.75 bits per heavy atom. The number of nitrogen functional groups attached to an aromatic ring is 1. The van der Waals surface area contributed by atoms with Gasteiger partial charge in [0.05, 0.1) is 5.54 Å². The van der Waals surface area contributed by atoms with E-state index in [1.54, 1.807) is 0 Å². The van der Waals surface area contributed by atoms with E-state index in [4.69, 9.17) is 5.73 Å². The van der Waals surface area contributed by atoms with Crippen molar-refractivity contribution >= 4 is 11.6 Å². The number of nitrogens with two attached hydrogens (primary N) is 1. The molecule has 0 aliphatic heterocycles. The van der Waals surface area contributed by atoms with Crippen LogP contribution in [-0.2, 0) is 10.3 Å². The van der Waals surface area contributed by atoms with Crippen molar-refractivity contribution in [1.29, 1.82) is 0 Å². The quantitative estimate of drug-likeness (QED) is 0.768. The molecule has 88 valence electrons. The third kappa shape index (κ3) is 2.99. The van der Waals surface area contributed by atoms with Crippen molar-refractivity contribution in [3.63, 3.8) is 0 Å². The summed E-state index contributed by atoms with van der Waals surface area (Å²) in [6, 6.07) is 7.57. The van der Waals surface area contributed by atoms with Gasteiger partial charge in [0.15, 0.2) is 0 Å². The number of benzene rings is 1. The van der Waals surface area contributed by atoms with Gasteiger partial charge in [0.2, 0.25) is 5.91 Å². The fourth-order valence-electron chi connectivity index (χ4n) is 1.42. The summed E-state index contributed by atoms with van der Waals surface area (Å²) in [4.78, 5) is 11.7. The second-order valence-corrected chi connectivity index (χ2v) is 4.89. The van der Waals surface area contributed by atoms with E-state index in [9.17, 15) is 4.79 Å². The van der Waals surface area contributed by atoms with Crippen LogP contribution in [0.1, 0.15) is 33.3 Å². The summed E-state index contributed by atoms with van der Waals surface area (Å²) >= 11 is 0. The molecule has 0 heterocycles. The zero-order chi connectivity index (χ0) is 12.3. The molecule has 1 aromatic rings. The molecule has 0 saturated carbocycles. The zero-order valence-electron chi connectivity index (χ0n) is 10.4. The first-order chi connectivity index (χ1) is 7.33. The van der Waals surface area contributed by atoms with Gasteiger partial charge in [-0.1, -0.05) is 26.0 Å². The summed E-state index contributed by atoms with van der Waals surface area (Å²) in [6.45, 7) is 7.74. The van der Waals surface area contributed by atoms with Crippen molar-refractivity contribution in [2.24, 2.45) is 5.92 Å². The molecule has 0 radical (unpaired) electrons. The van der Waals surface area contributed by atoms with Crippen molar-refractivity contribution in [2.75, 3.05) is 5.73 Å². The van der Waals surface area contributed by atoms with Gasteiger partial charge in [0.25, 0.3) is 0 Å². The van der Waals surface area contributed by atoms with Crippen molar-refractivity contribution in [2.45, 2.75) is 33.2 Å². The van der Waals surface area contributed by atoms with Crippen LogP contribution in [-0.4, -0.2) is 5.91 Å². The molecule has 0 atom stereocenters. The molecule has 0 spiro atoms. The molecule has 0 aromatic heterocycles. The summed E-state index contributed by atoms with van der Waals surface area (Å²) < 4.78 is 0. The van der Waals surface area contributed by atoms with Crippen LogP contribution in [0.4, 0.5) is 5.69 Å². The maximum absolute atomic E-state index is 11.7. The number of hydrogen-bond donors (Lipinski definition) is 2. The van der Waals surface area contributed by atoms with Crippen LogP contribution in [0.15, 0.2) is 24.3 Å². The average Bonchev–Trinajstić information content (AvgIpc) is 2.17. The Hall–Kier alpha value is -1.51. The molecule has 1 rings (SSSR count). The van der Waals surface area contributed by atoms with E-state index < -0.39 is 0 Å². The van der Waals surface area contributed by atoms with Crippen LogP contribution in [0.25, 0.3) is 0 Å². The van der Waals surface area contributed by atoms with Crippen LogP contribution >= 0.6 is 0 Å². The fraction of sp³-hybridized carbons (Fsp3) is 0.462. The average molecular weight is 220 g/mol. The predicted molar refractivity (Wildman–Crippen MR) is 66.9 cm³/mol. The van der Waals surface area contributed by atoms with Gasteiger partial charge in [0, 0.05) is 11.6 Å². The van der Waals surface area contributed by atoms with Crippen LogP contribution < -0.4 is 11.1 Å². The van der Waals surface area contributed by atoms with E-state index in [1.165, 1.54) is 0 Å². The number of anilines is 1. The first-order valence-corrected chi connectivity index (χ1v) is 5.51. The lowest BCUT2D eigenvalue weighted by atomic mass is 9.93. The third-order valence-corrected chi connectivity index (χ3v) is 2.59. The lowest BCUT2D eigenvalue weighted by Gasteiger charge is -2.28. The maximum atomic E-state index is 11.7. The Bertz CT molecular complexity index is 366. The molecular formula is C13H20N2O. The summed E-state index contributed by atoms with van der Waals surface area (Å²) in [6.07, 6.45) is 0. The van der Waals surface area contributed by atoms with Gasteiger partial charge in [0.1, 0.15) is 0 Å². The largest absolute Gasteiger partial charge is 0.399 e. The molecule has 1 amide bonds. The Kier molecular flexibility index (Phi) is 3.58. The van der Waals surface area contributed by atoms with Crippen molar-refractivity contribution in [1.82, 2.24) is 5.32 Å². The maximum Gasteiger partial charge on any atom is 0.223 e. The lowest BCUT2D eigenvalue weighted by Crippen LogP contribution is -2.42. The van der Waals surface area contributed by atoms with E-state index in [2.05, 4.69) is 5.32 Å². The van der Waals surface area contributed by atoms with Gasteiger partial charge in [-0.05, 0) is 31.5 Å². The first kappa shape index (κ1) is 12.6. The second kappa shape index (κ2) is 4.56. The van der Waals surface area contributed by atoms with E-state index in [0.29, 0.717) is 0 Å². The highest BCUT2D eigenvalue weighted by Gasteiger charge is 2.23. The SMILES string of the molecule is CC(C)C(=O)NC(C)(C)c1ccc(N)cc1. The molecule has 0 aliphatic rings. The molecule has 0 bridgehead atoms. The molecule has 3 N–H and O–H groups in total. The van der Waals surface area contributed by atoms with Crippen LogP contribution in [0, 0.1) is 5.92 Å². The molecular weight excluding hydrogens is 200 g/mol. The van der Waals surface area contributed by atoms with Crippen LogP contribution in [0.2, 0.25) is 0 Å². The summed E-state index contributed by atoms with van der Waals surface area (Å²) in [5.41, 5.74) is 7.05. The second-order valence-electron chi connectivity index (χ2n) is 4.89. The minimum atomic E-state index is -0.366. The monoisotopic (exact) mass is 220 g/mol. The molecule has 3 nitrogen and oxygen atoms in total. The fourth-order valence-corrected chi connectivity index (χ4v) is 1.42. The van der Waals surface area contributed by atoms with E-state index in [-0.39, 0.29) is 17.4 Å². The van der Waals surface area contributed by atoms with Gasteiger partial charge in [-0.3, -0.25) is 4.79 Å². The Labute approximate surface area is 97.0 Å². The summed E-state index contributed by atoms with van der Waals surface area (Å²) in [5, 5.41) is 3.01. The van der Waals surface area contributed by atoms with Gasteiger partial charge >= 0.3 is 0 Å². The van der Waals surface area contributed by atoms with E-state index in [0.717, 1.165) is 11.3 Å². The number of amides is 1. The van der Waals surface area contributed by atoms with Gasteiger partial charge in [-0.25, -0.2) is 0 Å². The van der Waals surface area contributed by atoms with Crippen LogP contribution in [0.5, 0.6) is 0 Å². The molecule has 1 aromatic carbocycles. The summed E-state index contributed by atoms with van der Waals surface area (Å²) in [7, 11) is 0. The topological polar surface area (TPSA) is 55.1 Å². The Morgan fingerprint density at radius 1 is 1.25 bits per heavy atom. The van der Waals surface area contributed by atoms with E-state index in [1.807, 2.05) is 52.0 Å². The number of carbonyl (C=O) groups excluding carboxylic acids is 1.